The van der Waals surface area contributed by atoms with Gasteiger partial charge in [0.25, 0.3) is 5.91 Å². The van der Waals surface area contributed by atoms with Gasteiger partial charge in [0, 0.05) is 19.4 Å². The van der Waals surface area contributed by atoms with Gasteiger partial charge in [0.05, 0.1) is 22.5 Å². The van der Waals surface area contributed by atoms with Crippen molar-refractivity contribution < 1.29 is 22.8 Å². The molecule has 3 rings (SSSR count). The lowest BCUT2D eigenvalue weighted by molar-refractivity contribution is -0.137. The second-order valence-electron chi connectivity index (χ2n) is 6.90. The Hall–Kier alpha value is -3.33. The highest BCUT2D eigenvalue weighted by atomic mass is 35.5. The minimum atomic E-state index is -4.58. The number of ketones is 1. The smallest absolute Gasteiger partial charge is 0.378 e. The molecule has 0 unspecified atom stereocenters. The number of nitrogens with two attached hydrogens (primary N) is 1. The summed E-state index contributed by atoms with van der Waals surface area (Å²) in [6.45, 7) is 0.355. The van der Waals surface area contributed by atoms with Gasteiger partial charge in [-0.3, -0.25) is 14.7 Å². The van der Waals surface area contributed by atoms with Gasteiger partial charge in [-0.05, 0) is 28.8 Å². The van der Waals surface area contributed by atoms with Crippen LogP contribution in [-0.2, 0) is 30.4 Å². The Kier molecular flexibility index (Phi) is 6.65. The van der Waals surface area contributed by atoms with Crippen molar-refractivity contribution in [1.29, 1.82) is 0 Å². The Labute approximate surface area is 180 Å². The summed E-state index contributed by atoms with van der Waals surface area (Å²) in [6, 6.07) is 10.6. The Morgan fingerprint density at radius 1 is 1.06 bits per heavy atom. The van der Waals surface area contributed by atoms with Gasteiger partial charge >= 0.3 is 6.18 Å². The summed E-state index contributed by atoms with van der Waals surface area (Å²) in [5, 5.41) is 8.91. The molecule has 0 fully saturated rings. The molecule has 1 aromatic heterocycles. The van der Waals surface area contributed by atoms with E-state index in [-0.39, 0.29) is 29.9 Å². The Morgan fingerprint density at radius 2 is 1.74 bits per heavy atom. The molecule has 6 nitrogen and oxygen atoms in total. The quantitative estimate of drug-likeness (QED) is 0.480. The number of primary amides is 1. The van der Waals surface area contributed by atoms with Crippen LogP contribution in [0.3, 0.4) is 0 Å². The Morgan fingerprint density at radius 3 is 2.42 bits per heavy atom. The second-order valence-corrected chi connectivity index (χ2v) is 7.31. The number of aromatic amines is 1. The fraction of sp³-hybridized carbons (Fsp3) is 0.190. The lowest BCUT2D eigenvalue weighted by atomic mass is 10.00. The van der Waals surface area contributed by atoms with Crippen LogP contribution in [0.25, 0.3) is 0 Å². The second kappa shape index (κ2) is 9.22. The number of benzene rings is 2. The molecule has 0 bridgehead atoms. The van der Waals surface area contributed by atoms with Crippen LogP contribution in [0.2, 0.25) is 5.02 Å². The fourth-order valence-corrected chi connectivity index (χ4v) is 3.30. The van der Waals surface area contributed by atoms with E-state index in [4.69, 9.17) is 17.3 Å². The Bertz CT molecular complexity index is 1110. The van der Waals surface area contributed by atoms with Crippen molar-refractivity contribution in [3.63, 3.8) is 0 Å². The van der Waals surface area contributed by atoms with Crippen LogP contribution < -0.4 is 11.1 Å². The monoisotopic (exact) mass is 450 g/mol. The average Bonchev–Trinajstić information content (AvgIpc) is 3.16. The van der Waals surface area contributed by atoms with E-state index in [9.17, 15) is 22.8 Å². The number of anilines is 1. The van der Waals surface area contributed by atoms with Gasteiger partial charge in [0.2, 0.25) is 0 Å². The van der Waals surface area contributed by atoms with Gasteiger partial charge in [-0.1, -0.05) is 41.9 Å². The van der Waals surface area contributed by atoms with E-state index in [1.807, 2.05) is 6.07 Å². The molecule has 0 saturated heterocycles. The highest BCUT2D eigenvalue weighted by Crippen LogP contribution is 2.35. The van der Waals surface area contributed by atoms with Gasteiger partial charge in [-0.25, -0.2) is 0 Å². The number of carbonyl (C=O) groups excluding carboxylic acids is 2. The Balaban J connectivity index is 1.64. The summed E-state index contributed by atoms with van der Waals surface area (Å²) in [5.74, 6) is -0.873. The number of halogens is 4. The first-order valence-corrected chi connectivity index (χ1v) is 9.53. The molecule has 0 spiro atoms. The first-order valence-electron chi connectivity index (χ1n) is 9.15. The van der Waals surface area contributed by atoms with Crippen LogP contribution in [0.1, 0.15) is 32.7 Å². The first-order chi connectivity index (χ1) is 14.6. The molecular weight excluding hydrogens is 433 g/mol. The number of Topliss-reactive ketones (excluding diaryl/α,β-unsaturated/α-hetero) is 1. The summed E-state index contributed by atoms with van der Waals surface area (Å²) in [5.41, 5.74) is 6.72. The summed E-state index contributed by atoms with van der Waals surface area (Å²) < 4.78 is 39.0. The fourth-order valence-electron chi connectivity index (χ4n) is 3.07. The first kappa shape index (κ1) is 22.4. The van der Waals surface area contributed by atoms with E-state index in [1.54, 1.807) is 18.2 Å². The van der Waals surface area contributed by atoms with Crippen LogP contribution >= 0.6 is 11.6 Å². The SMILES string of the molecule is NC(=O)c1[nH]ncc1NCc1cccc(CC(=O)Cc2ccc(Cl)c(C(F)(F)F)c2)c1. The van der Waals surface area contributed by atoms with Crippen LogP contribution in [0.15, 0.2) is 48.7 Å². The molecule has 2 aromatic carbocycles. The minimum absolute atomic E-state index is 0.0655. The van der Waals surface area contributed by atoms with E-state index < -0.39 is 22.7 Å². The van der Waals surface area contributed by atoms with Crippen molar-refractivity contribution in [2.45, 2.75) is 25.6 Å². The predicted octanol–water partition coefficient (Wildman–Crippen LogP) is 4.15. The molecule has 3 aromatic rings. The molecule has 0 saturated carbocycles. The van der Waals surface area contributed by atoms with Crippen molar-refractivity contribution in [3.05, 3.63) is 81.6 Å². The van der Waals surface area contributed by atoms with E-state index in [2.05, 4.69) is 15.5 Å². The summed E-state index contributed by atoms with van der Waals surface area (Å²) >= 11 is 5.62. The van der Waals surface area contributed by atoms with Crippen LogP contribution in [0.4, 0.5) is 18.9 Å². The van der Waals surface area contributed by atoms with E-state index in [0.717, 1.165) is 23.3 Å². The molecule has 10 heteroatoms. The highest BCUT2D eigenvalue weighted by molar-refractivity contribution is 6.31. The summed E-state index contributed by atoms with van der Waals surface area (Å²) in [7, 11) is 0. The molecule has 0 aliphatic carbocycles. The average molecular weight is 451 g/mol. The zero-order valence-corrected chi connectivity index (χ0v) is 16.8. The molecule has 31 heavy (non-hydrogen) atoms. The van der Waals surface area contributed by atoms with Crippen molar-refractivity contribution >= 4 is 29.0 Å². The van der Waals surface area contributed by atoms with Crippen molar-refractivity contribution in [2.24, 2.45) is 5.73 Å². The third-order valence-electron chi connectivity index (χ3n) is 4.50. The van der Waals surface area contributed by atoms with Gasteiger partial charge in [0.15, 0.2) is 0 Å². The van der Waals surface area contributed by atoms with Crippen LogP contribution in [0, 0.1) is 0 Å². The maximum absolute atomic E-state index is 13.0. The number of hydrogen-bond donors (Lipinski definition) is 3. The van der Waals surface area contributed by atoms with E-state index in [0.29, 0.717) is 12.2 Å². The minimum Gasteiger partial charge on any atom is -0.378 e. The maximum atomic E-state index is 13.0. The molecule has 0 aliphatic heterocycles. The van der Waals surface area contributed by atoms with Gasteiger partial charge < -0.3 is 11.1 Å². The summed E-state index contributed by atoms with van der Waals surface area (Å²) in [6.07, 6.45) is -3.22. The number of amides is 1. The lowest BCUT2D eigenvalue weighted by Crippen LogP contribution is -2.14. The summed E-state index contributed by atoms with van der Waals surface area (Å²) in [4.78, 5) is 23.7. The third kappa shape index (κ3) is 5.85. The number of aromatic nitrogens is 2. The van der Waals surface area contributed by atoms with Crippen LogP contribution in [-0.4, -0.2) is 21.9 Å². The highest BCUT2D eigenvalue weighted by Gasteiger charge is 2.33. The number of alkyl halides is 3. The van der Waals surface area contributed by atoms with Crippen LogP contribution in [0.5, 0.6) is 0 Å². The molecule has 1 amide bonds. The molecular formula is C21H18ClF3N4O2. The van der Waals surface area contributed by atoms with Crippen molar-refractivity contribution in [2.75, 3.05) is 5.32 Å². The zero-order valence-electron chi connectivity index (χ0n) is 16.1. The molecule has 0 radical (unpaired) electrons. The van der Waals surface area contributed by atoms with E-state index >= 15 is 0 Å². The van der Waals surface area contributed by atoms with Crippen molar-refractivity contribution in [1.82, 2.24) is 10.2 Å². The zero-order chi connectivity index (χ0) is 22.6. The molecule has 4 N–H and O–H groups in total. The van der Waals surface area contributed by atoms with Gasteiger partial charge in [-0.2, -0.15) is 18.3 Å². The molecule has 162 valence electrons. The largest absolute Gasteiger partial charge is 0.417 e. The normalized spacial score (nSPS) is 11.4. The number of carbonyl (C=O) groups is 2. The molecule has 0 atom stereocenters. The predicted molar refractivity (Wildman–Crippen MR) is 110 cm³/mol. The number of nitrogens with zero attached hydrogens (tertiary/aromatic N) is 1. The lowest BCUT2D eigenvalue weighted by Gasteiger charge is -2.11. The molecule has 1 heterocycles. The third-order valence-corrected chi connectivity index (χ3v) is 4.83. The van der Waals surface area contributed by atoms with E-state index in [1.165, 1.54) is 12.3 Å². The topological polar surface area (TPSA) is 101 Å². The number of nitrogens with one attached hydrogen (secondary N) is 2. The molecule has 0 aliphatic rings. The number of hydrogen-bond acceptors (Lipinski definition) is 4. The van der Waals surface area contributed by atoms with Gasteiger partial charge in [0.1, 0.15) is 11.5 Å². The van der Waals surface area contributed by atoms with Crippen molar-refractivity contribution in [3.8, 4) is 0 Å². The number of H-pyrrole nitrogens is 1. The number of rotatable bonds is 8. The standard InChI is InChI=1S/C21H18ClF3N4O2/c22-17-5-4-13(9-16(17)21(23,24)25)8-15(30)7-12-2-1-3-14(6-12)10-27-18-11-28-29-19(18)20(26)31/h1-6,9,11,27H,7-8,10H2,(H2,26,31)(H,28,29). The van der Waals surface area contributed by atoms with Gasteiger partial charge in [-0.15, -0.1) is 0 Å². The maximum Gasteiger partial charge on any atom is 0.417 e.